The topological polar surface area (TPSA) is 68.8 Å². The molecule has 5 heteroatoms. The Labute approximate surface area is 117 Å². The van der Waals surface area contributed by atoms with Gasteiger partial charge in [0.1, 0.15) is 5.82 Å². The van der Waals surface area contributed by atoms with E-state index in [0.29, 0.717) is 5.69 Å². The zero-order valence-corrected chi connectivity index (χ0v) is 11.4. The van der Waals surface area contributed by atoms with Gasteiger partial charge in [0, 0.05) is 49.7 Å². The average molecular weight is 267 g/mol. The number of nitrogens with two attached hydrogens (primary N) is 1. The summed E-state index contributed by atoms with van der Waals surface area (Å²) in [7, 11) is 2.00. The third-order valence-electron chi connectivity index (χ3n) is 3.39. The number of benzene rings is 1. The molecule has 0 aliphatic rings. The molecule has 0 amide bonds. The highest BCUT2D eigenvalue weighted by atomic mass is 15.0. The number of nitrogen functional groups attached to an aromatic ring is 1. The number of aromatic nitrogens is 3. The lowest BCUT2D eigenvalue weighted by atomic mass is 10.1. The van der Waals surface area contributed by atoms with Gasteiger partial charge in [-0.1, -0.05) is 0 Å². The number of anilines is 2. The van der Waals surface area contributed by atoms with Crippen molar-refractivity contribution >= 4 is 22.3 Å². The second-order valence-electron chi connectivity index (χ2n) is 4.73. The maximum absolute atomic E-state index is 5.95. The standard InChI is InChI=1S/C15H17N5/c1-20-10-9-18-14(20)6-8-17-13-5-4-12(16)15-11(13)3-2-7-19-15/h2-5,7,9-10,17H,6,8,16H2,1H3. The number of rotatable bonds is 4. The first-order valence-corrected chi connectivity index (χ1v) is 6.59. The zero-order chi connectivity index (χ0) is 13.9. The highest BCUT2D eigenvalue weighted by molar-refractivity contribution is 5.98. The fourth-order valence-corrected chi connectivity index (χ4v) is 2.30. The van der Waals surface area contributed by atoms with Crippen molar-refractivity contribution in [2.75, 3.05) is 17.6 Å². The van der Waals surface area contributed by atoms with E-state index in [1.54, 1.807) is 6.20 Å². The van der Waals surface area contributed by atoms with Gasteiger partial charge in [-0.3, -0.25) is 4.98 Å². The van der Waals surface area contributed by atoms with E-state index in [2.05, 4.69) is 15.3 Å². The maximum atomic E-state index is 5.95. The molecule has 3 aromatic rings. The van der Waals surface area contributed by atoms with Crippen LogP contribution in [0.15, 0.2) is 42.9 Å². The quantitative estimate of drug-likeness (QED) is 0.711. The number of hydrogen-bond acceptors (Lipinski definition) is 4. The number of nitrogens with one attached hydrogen (secondary N) is 1. The highest BCUT2D eigenvalue weighted by Gasteiger charge is 2.05. The molecular formula is C15H17N5. The van der Waals surface area contributed by atoms with Crippen molar-refractivity contribution in [2.24, 2.45) is 7.05 Å². The van der Waals surface area contributed by atoms with Gasteiger partial charge in [0.25, 0.3) is 0 Å². The van der Waals surface area contributed by atoms with Crippen LogP contribution in [-0.2, 0) is 13.5 Å². The Morgan fingerprint density at radius 2 is 2.10 bits per heavy atom. The Balaban J connectivity index is 1.78. The Kier molecular flexibility index (Phi) is 3.25. The third-order valence-corrected chi connectivity index (χ3v) is 3.39. The fraction of sp³-hybridized carbons (Fsp3) is 0.200. The van der Waals surface area contributed by atoms with Crippen LogP contribution in [0.5, 0.6) is 0 Å². The number of pyridine rings is 1. The zero-order valence-electron chi connectivity index (χ0n) is 11.4. The molecule has 3 rings (SSSR count). The van der Waals surface area contributed by atoms with E-state index in [9.17, 15) is 0 Å². The molecule has 20 heavy (non-hydrogen) atoms. The molecule has 0 spiro atoms. The summed E-state index contributed by atoms with van der Waals surface area (Å²) in [5.74, 6) is 1.07. The van der Waals surface area contributed by atoms with Crippen molar-refractivity contribution in [3.8, 4) is 0 Å². The summed E-state index contributed by atoms with van der Waals surface area (Å²) < 4.78 is 2.03. The molecule has 102 valence electrons. The molecule has 0 fully saturated rings. The van der Waals surface area contributed by atoms with Gasteiger partial charge in [0.15, 0.2) is 0 Å². The van der Waals surface area contributed by atoms with Crippen LogP contribution in [0.25, 0.3) is 10.9 Å². The molecule has 0 aliphatic carbocycles. The molecule has 0 saturated carbocycles. The van der Waals surface area contributed by atoms with Crippen molar-refractivity contribution in [2.45, 2.75) is 6.42 Å². The summed E-state index contributed by atoms with van der Waals surface area (Å²) in [4.78, 5) is 8.65. The number of nitrogens with zero attached hydrogens (tertiary/aromatic N) is 3. The Bertz CT molecular complexity index is 732. The van der Waals surface area contributed by atoms with Crippen LogP contribution in [0.4, 0.5) is 11.4 Å². The predicted octanol–water partition coefficient (Wildman–Crippen LogP) is 2.21. The minimum atomic E-state index is 0.704. The van der Waals surface area contributed by atoms with Gasteiger partial charge in [-0.05, 0) is 24.3 Å². The minimum absolute atomic E-state index is 0.704. The molecule has 0 aliphatic heterocycles. The van der Waals surface area contributed by atoms with Gasteiger partial charge in [0.2, 0.25) is 0 Å². The van der Waals surface area contributed by atoms with E-state index < -0.39 is 0 Å². The Morgan fingerprint density at radius 1 is 1.20 bits per heavy atom. The van der Waals surface area contributed by atoms with Crippen molar-refractivity contribution in [1.29, 1.82) is 0 Å². The van der Waals surface area contributed by atoms with Crippen LogP contribution in [0.1, 0.15) is 5.82 Å². The molecule has 0 atom stereocenters. The summed E-state index contributed by atoms with van der Waals surface area (Å²) in [6.07, 6.45) is 6.40. The largest absolute Gasteiger partial charge is 0.397 e. The van der Waals surface area contributed by atoms with E-state index in [1.807, 2.05) is 48.3 Å². The lowest BCUT2D eigenvalue weighted by Crippen LogP contribution is -2.09. The Morgan fingerprint density at radius 3 is 2.90 bits per heavy atom. The van der Waals surface area contributed by atoms with Crippen molar-refractivity contribution in [3.05, 3.63) is 48.7 Å². The highest BCUT2D eigenvalue weighted by Crippen LogP contribution is 2.26. The van der Waals surface area contributed by atoms with Crippen molar-refractivity contribution in [1.82, 2.24) is 14.5 Å². The van der Waals surface area contributed by atoms with E-state index in [-0.39, 0.29) is 0 Å². The molecule has 5 nitrogen and oxygen atoms in total. The van der Waals surface area contributed by atoms with E-state index in [1.165, 1.54) is 0 Å². The lowest BCUT2D eigenvalue weighted by Gasteiger charge is -2.10. The summed E-state index contributed by atoms with van der Waals surface area (Å²) >= 11 is 0. The summed E-state index contributed by atoms with van der Waals surface area (Å²) in [5, 5.41) is 4.48. The molecule has 0 radical (unpaired) electrons. The normalized spacial score (nSPS) is 10.8. The van der Waals surface area contributed by atoms with Gasteiger partial charge in [-0.2, -0.15) is 0 Å². The van der Waals surface area contributed by atoms with Gasteiger partial charge in [-0.15, -0.1) is 0 Å². The molecule has 1 aromatic carbocycles. The second kappa shape index (κ2) is 5.21. The number of aryl methyl sites for hydroxylation is 1. The van der Waals surface area contributed by atoms with Gasteiger partial charge in [0.05, 0.1) is 11.2 Å². The van der Waals surface area contributed by atoms with Crippen LogP contribution in [0.3, 0.4) is 0 Å². The van der Waals surface area contributed by atoms with E-state index in [4.69, 9.17) is 5.73 Å². The Hall–Kier alpha value is -2.56. The van der Waals surface area contributed by atoms with Crippen LogP contribution >= 0.6 is 0 Å². The summed E-state index contributed by atoms with van der Waals surface area (Å²) in [5.41, 5.74) is 8.55. The van der Waals surface area contributed by atoms with Gasteiger partial charge >= 0.3 is 0 Å². The van der Waals surface area contributed by atoms with Crippen LogP contribution < -0.4 is 11.1 Å². The van der Waals surface area contributed by atoms with Gasteiger partial charge < -0.3 is 15.6 Å². The van der Waals surface area contributed by atoms with Crippen LogP contribution in [0.2, 0.25) is 0 Å². The molecule has 3 N–H and O–H groups in total. The average Bonchev–Trinajstić information content (AvgIpc) is 2.87. The number of imidazole rings is 1. The SMILES string of the molecule is Cn1ccnc1CCNc1ccc(N)c2ncccc12. The molecule has 0 bridgehead atoms. The smallest absolute Gasteiger partial charge is 0.110 e. The number of hydrogen-bond donors (Lipinski definition) is 2. The lowest BCUT2D eigenvalue weighted by molar-refractivity contribution is 0.790. The molecule has 0 saturated heterocycles. The third kappa shape index (κ3) is 2.30. The summed E-state index contributed by atoms with van der Waals surface area (Å²) in [6, 6.07) is 7.84. The maximum Gasteiger partial charge on any atom is 0.110 e. The molecule has 2 heterocycles. The first-order valence-electron chi connectivity index (χ1n) is 6.59. The van der Waals surface area contributed by atoms with E-state index in [0.717, 1.165) is 35.4 Å². The first-order chi connectivity index (χ1) is 9.75. The molecule has 2 aromatic heterocycles. The minimum Gasteiger partial charge on any atom is -0.397 e. The second-order valence-corrected chi connectivity index (χ2v) is 4.73. The van der Waals surface area contributed by atoms with Crippen molar-refractivity contribution < 1.29 is 0 Å². The molecular weight excluding hydrogens is 250 g/mol. The first kappa shape index (κ1) is 12.5. The van der Waals surface area contributed by atoms with E-state index >= 15 is 0 Å². The monoisotopic (exact) mass is 267 g/mol. The number of fused-ring (bicyclic) bond motifs is 1. The van der Waals surface area contributed by atoms with Crippen molar-refractivity contribution in [3.63, 3.8) is 0 Å². The fourth-order valence-electron chi connectivity index (χ4n) is 2.30. The molecule has 0 unspecified atom stereocenters. The van der Waals surface area contributed by atoms with Gasteiger partial charge in [-0.25, -0.2) is 4.98 Å². The van der Waals surface area contributed by atoms with Crippen LogP contribution in [0, 0.1) is 0 Å². The summed E-state index contributed by atoms with van der Waals surface area (Å²) in [6.45, 7) is 0.818. The van der Waals surface area contributed by atoms with Crippen LogP contribution in [-0.4, -0.2) is 21.1 Å². The predicted molar refractivity (Wildman–Crippen MR) is 81.6 cm³/mol.